The van der Waals surface area contributed by atoms with E-state index in [1.54, 1.807) is 21.9 Å². The number of pyridine rings is 1. The topological polar surface area (TPSA) is 86.0 Å². The standard InChI is InChI=1S/C28H34N4O4S/c1-28(2,3)36-25(33)10-8-21-26(31-13-15-35-16-14-31)30-23-17-19(11-12-32(23)27(21)34)7-9-24-29-22(18-37-24)20-5-4-6-20/h8,10-12,17-18,20H,4-7,9,13-16H2,1-3H3. The number of nitrogens with zero attached hydrogens (tertiary/aromatic N) is 4. The summed E-state index contributed by atoms with van der Waals surface area (Å²) in [6.07, 6.45) is 10.1. The van der Waals surface area contributed by atoms with Gasteiger partial charge in [-0.3, -0.25) is 9.20 Å². The van der Waals surface area contributed by atoms with Crippen LogP contribution < -0.4 is 10.5 Å². The van der Waals surface area contributed by atoms with Crippen molar-refractivity contribution in [2.45, 2.75) is 64.4 Å². The molecular weight excluding hydrogens is 488 g/mol. The second kappa shape index (κ2) is 10.8. The Hall–Kier alpha value is -3.04. The Kier molecular flexibility index (Phi) is 7.44. The summed E-state index contributed by atoms with van der Waals surface area (Å²) in [5, 5.41) is 3.37. The number of carbonyl (C=O) groups excluding carboxylic acids is 1. The Balaban J connectivity index is 1.42. The summed E-state index contributed by atoms with van der Waals surface area (Å²) < 4.78 is 12.4. The maximum atomic E-state index is 13.5. The number of hydrogen-bond donors (Lipinski definition) is 0. The summed E-state index contributed by atoms with van der Waals surface area (Å²) in [4.78, 5) is 37.6. The number of aryl methyl sites for hydroxylation is 2. The first-order valence-electron chi connectivity index (χ1n) is 13.0. The molecule has 0 spiro atoms. The Morgan fingerprint density at radius 1 is 1.22 bits per heavy atom. The third kappa shape index (κ3) is 6.10. The molecule has 3 aromatic heterocycles. The summed E-state index contributed by atoms with van der Waals surface area (Å²) in [5.74, 6) is 0.720. The minimum Gasteiger partial charge on any atom is -0.457 e. The highest BCUT2D eigenvalue weighted by Gasteiger charge is 2.23. The lowest BCUT2D eigenvalue weighted by Gasteiger charge is -2.29. The van der Waals surface area contributed by atoms with E-state index < -0.39 is 11.6 Å². The van der Waals surface area contributed by atoms with E-state index >= 15 is 0 Å². The molecule has 5 rings (SSSR count). The quantitative estimate of drug-likeness (QED) is 0.336. The molecule has 0 atom stereocenters. The smallest absolute Gasteiger partial charge is 0.331 e. The van der Waals surface area contributed by atoms with Crippen LogP contribution in [0.3, 0.4) is 0 Å². The summed E-state index contributed by atoms with van der Waals surface area (Å²) in [6.45, 7) is 7.81. The lowest BCUT2D eigenvalue weighted by molar-refractivity contribution is -0.148. The van der Waals surface area contributed by atoms with Gasteiger partial charge in [-0.2, -0.15) is 0 Å². The molecule has 1 saturated carbocycles. The maximum Gasteiger partial charge on any atom is 0.331 e. The Morgan fingerprint density at radius 2 is 2.00 bits per heavy atom. The van der Waals surface area contributed by atoms with E-state index in [2.05, 4.69) is 5.38 Å². The van der Waals surface area contributed by atoms with E-state index in [9.17, 15) is 9.59 Å². The van der Waals surface area contributed by atoms with Crippen molar-refractivity contribution >= 4 is 34.8 Å². The van der Waals surface area contributed by atoms with Crippen molar-refractivity contribution in [2.75, 3.05) is 31.2 Å². The highest BCUT2D eigenvalue weighted by atomic mass is 32.1. The highest BCUT2D eigenvalue weighted by Crippen LogP contribution is 2.36. The molecule has 1 aliphatic heterocycles. The second-order valence-corrected chi connectivity index (χ2v) is 11.6. The van der Waals surface area contributed by atoms with Crippen LogP contribution in [0, 0.1) is 0 Å². The van der Waals surface area contributed by atoms with Gasteiger partial charge in [0.2, 0.25) is 0 Å². The Bertz CT molecular complexity index is 1360. The molecule has 0 radical (unpaired) electrons. The number of thiazole rings is 1. The zero-order chi connectivity index (χ0) is 26.0. The van der Waals surface area contributed by atoms with Crippen LogP contribution in [0.4, 0.5) is 5.82 Å². The van der Waals surface area contributed by atoms with Crippen LogP contribution in [-0.2, 0) is 27.1 Å². The van der Waals surface area contributed by atoms with Crippen LogP contribution in [0.1, 0.15) is 67.8 Å². The zero-order valence-electron chi connectivity index (χ0n) is 21.7. The monoisotopic (exact) mass is 522 g/mol. The van der Waals surface area contributed by atoms with E-state index in [1.165, 1.54) is 37.1 Å². The molecular formula is C28H34N4O4S. The first-order valence-corrected chi connectivity index (χ1v) is 13.9. The van der Waals surface area contributed by atoms with Gasteiger partial charge in [-0.1, -0.05) is 6.42 Å². The van der Waals surface area contributed by atoms with Crippen LogP contribution in [-0.4, -0.2) is 52.2 Å². The number of rotatable bonds is 7. The van der Waals surface area contributed by atoms with Gasteiger partial charge in [-0.25, -0.2) is 14.8 Å². The molecule has 9 heteroatoms. The van der Waals surface area contributed by atoms with Crippen LogP contribution in [0.25, 0.3) is 11.7 Å². The van der Waals surface area contributed by atoms with E-state index in [-0.39, 0.29) is 5.56 Å². The van der Waals surface area contributed by atoms with Crippen molar-refractivity contribution in [3.63, 3.8) is 0 Å². The number of anilines is 1. The van der Waals surface area contributed by atoms with Crippen molar-refractivity contribution in [1.29, 1.82) is 0 Å². The van der Waals surface area contributed by atoms with Gasteiger partial charge >= 0.3 is 5.97 Å². The molecule has 4 heterocycles. The van der Waals surface area contributed by atoms with E-state index in [1.807, 2.05) is 37.8 Å². The molecule has 0 unspecified atom stereocenters. The van der Waals surface area contributed by atoms with Gasteiger partial charge in [-0.15, -0.1) is 11.3 Å². The first kappa shape index (κ1) is 25.6. The summed E-state index contributed by atoms with van der Waals surface area (Å²) >= 11 is 1.74. The van der Waals surface area contributed by atoms with Gasteiger partial charge in [0.25, 0.3) is 5.56 Å². The van der Waals surface area contributed by atoms with Crippen molar-refractivity contribution in [2.24, 2.45) is 0 Å². The van der Waals surface area contributed by atoms with Crippen LogP contribution in [0.2, 0.25) is 0 Å². The molecule has 2 aliphatic rings. The fraction of sp³-hybridized carbons (Fsp3) is 0.500. The second-order valence-electron chi connectivity index (χ2n) is 10.7. The fourth-order valence-electron chi connectivity index (χ4n) is 4.57. The molecule has 37 heavy (non-hydrogen) atoms. The zero-order valence-corrected chi connectivity index (χ0v) is 22.6. The summed E-state index contributed by atoms with van der Waals surface area (Å²) in [7, 11) is 0. The molecule has 1 saturated heterocycles. The highest BCUT2D eigenvalue weighted by molar-refractivity contribution is 7.09. The third-order valence-electron chi connectivity index (χ3n) is 6.73. The lowest BCUT2D eigenvalue weighted by Crippen LogP contribution is -2.38. The van der Waals surface area contributed by atoms with Crippen LogP contribution in [0.15, 0.2) is 34.6 Å². The summed E-state index contributed by atoms with van der Waals surface area (Å²) in [5.41, 5.74) is 2.48. The van der Waals surface area contributed by atoms with Crippen molar-refractivity contribution in [3.05, 3.63) is 62.0 Å². The average molecular weight is 523 g/mol. The summed E-state index contributed by atoms with van der Waals surface area (Å²) in [6, 6.07) is 3.94. The van der Waals surface area contributed by atoms with Gasteiger partial charge in [0.1, 0.15) is 17.1 Å². The third-order valence-corrected chi connectivity index (χ3v) is 7.66. The van der Waals surface area contributed by atoms with E-state index in [4.69, 9.17) is 19.4 Å². The maximum absolute atomic E-state index is 13.5. The molecule has 0 N–H and O–H groups in total. The van der Waals surface area contributed by atoms with E-state index in [0.29, 0.717) is 49.2 Å². The van der Waals surface area contributed by atoms with Gasteiger partial charge in [-0.05, 0) is 63.8 Å². The average Bonchev–Trinajstić information content (AvgIpc) is 3.28. The number of hydrogen-bond acceptors (Lipinski definition) is 8. The Morgan fingerprint density at radius 3 is 2.70 bits per heavy atom. The van der Waals surface area contributed by atoms with Crippen molar-refractivity contribution in [3.8, 4) is 0 Å². The molecule has 0 amide bonds. The van der Waals surface area contributed by atoms with Crippen LogP contribution >= 0.6 is 11.3 Å². The number of fused-ring (bicyclic) bond motifs is 1. The fourth-order valence-corrected chi connectivity index (χ4v) is 5.45. The minimum absolute atomic E-state index is 0.220. The van der Waals surface area contributed by atoms with Crippen molar-refractivity contribution < 1.29 is 14.3 Å². The molecule has 0 aromatic carbocycles. The van der Waals surface area contributed by atoms with Gasteiger partial charge in [0.15, 0.2) is 0 Å². The molecule has 0 bridgehead atoms. The largest absolute Gasteiger partial charge is 0.457 e. The van der Waals surface area contributed by atoms with Gasteiger partial charge in [0.05, 0.1) is 29.5 Å². The van der Waals surface area contributed by atoms with Crippen molar-refractivity contribution in [1.82, 2.24) is 14.4 Å². The normalized spacial score (nSPS) is 16.9. The minimum atomic E-state index is -0.612. The molecule has 1 aliphatic carbocycles. The Labute approximate surface area is 221 Å². The predicted octanol–water partition coefficient (Wildman–Crippen LogP) is 4.40. The molecule has 196 valence electrons. The van der Waals surface area contributed by atoms with Gasteiger partial charge in [0, 0.05) is 43.1 Å². The molecule has 3 aromatic rings. The molecule has 2 fully saturated rings. The predicted molar refractivity (Wildman–Crippen MR) is 145 cm³/mol. The van der Waals surface area contributed by atoms with E-state index in [0.717, 1.165) is 23.4 Å². The molecule has 8 nitrogen and oxygen atoms in total. The van der Waals surface area contributed by atoms with Crippen LogP contribution in [0.5, 0.6) is 0 Å². The lowest BCUT2D eigenvalue weighted by atomic mass is 9.83. The number of carbonyl (C=O) groups is 1. The SMILES string of the molecule is CC(C)(C)OC(=O)C=Cc1c(N2CCOCC2)nc2cc(CCc3nc(C4CCC4)cs3)ccn2c1=O. The number of aromatic nitrogens is 3. The number of ether oxygens (including phenoxy) is 2. The number of morpholine rings is 1. The first-order chi connectivity index (χ1) is 17.8. The number of esters is 1. The van der Waals surface area contributed by atoms with Gasteiger partial charge < -0.3 is 14.4 Å².